The summed E-state index contributed by atoms with van der Waals surface area (Å²) < 4.78 is 0. The molecule has 0 aliphatic rings. The van der Waals surface area contributed by atoms with Gasteiger partial charge in [-0.15, -0.1) is 0 Å². The van der Waals surface area contributed by atoms with Crippen LogP contribution in [-0.2, 0) is 0 Å². The van der Waals surface area contributed by atoms with E-state index >= 15 is 0 Å². The third kappa shape index (κ3) is 11.6. The van der Waals surface area contributed by atoms with Crippen molar-refractivity contribution in [1.29, 1.82) is 0 Å². The predicted molar refractivity (Wildman–Crippen MR) is 54.7 cm³/mol. The van der Waals surface area contributed by atoms with Crippen LogP contribution in [0.1, 0.15) is 51.4 Å². The Bertz CT molecular complexity index is 107. The first-order chi connectivity index (χ1) is 6.41. The van der Waals surface area contributed by atoms with Gasteiger partial charge < -0.3 is 5.11 Å². The molecular weight excluding hydrogens is 166 g/mol. The van der Waals surface area contributed by atoms with Gasteiger partial charge in [0.2, 0.25) is 0 Å². The largest absolute Gasteiger partial charge is 0.396 e. The number of hydrogen-bond acceptors (Lipinski definition) is 3. The highest BCUT2D eigenvalue weighted by molar-refractivity contribution is 4.48. The van der Waals surface area contributed by atoms with Crippen molar-refractivity contribution in [3.05, 3.63) is 4.91 Å². The van der Waals surface area contributed by atoms with Gasteiger partial charge in [-0.25, -0.2) is 0 Å². The van der Waals surface area contributed by atoms with Crippen LogP contribution in [-0.4, -0.2) is 18.3 Å². The van der Waals surface area contributed by atoms with Crippen LogP contribution in [0.25, 0.3) is 0 Å². The molecule has 0 aromatic rings. The van der Waals surface area contributed by atoms with Gasteiger partial charge in [0.15, 0.2) is 0 Å². The Morgan fingerprint density at radius 2 is 1.23 bits per heavy atom. The van der Waals surface area contributed by atoms with Crippen molar-refractivity contribution in [2.45, 2.75) is 51.4 Å². The number of aliphatic hydroxyl groups excluding tert-OH is 1. The predicted octanol–water partition coefficient (Wildman–Crippen LogP) is 2.87. The Balaban J connectivity index is 2.79. The standard InChI is InChI=1S/C10H21NO2/c12-10-8-6-4-2-1-3-5-7-9-11-13/h12H,1-10H2. The van der Waals surface area contributed by atoms with Crippen molar-refractivity contribution in [1.82, 2.24) is 0 Å². The fourth-order valence-corrected chi connectivity index (χ4v) is 1.35. The first kappa shape index (κ1) is 12.6. The van der Waals surface area contributed by atoms with Crippen LogP contribution in [0.15, 0.2) is 5.18 Å². The second-order valence-electron chi connectivity index (χ2n) is 3.40. The van der Waals surface area contributed by atoms with Gasteiger partial charge in [-0.2, -0.15) is 4.91 Å². The molecule has 0 heterocycles. The summed E-state index contributed by atoms with van der Waals surface area (Å²) >= 11 is 0. The molecule has 0 aliphatic heterocycles. The molecule has 0 aromatic carbocycles. The van der Waals surface area contributed by atoms with E-state index in [0.717, 1.165) is 25.7 Å². The van der Waals surface area contributed by atoms with E-state index in [1.165, 1.54) is 25.7 Å². The van der Waals surface area contributed by atoms with E-state index in [0.29, 0.717) is 13.2 Å². The zero-order valence-electron chi connectivity index (χ0n) is 8.37. The number of nitrogens with zero attached hydrogens (tertiary/aromatic N) is 1. The summed E-state index contributed by atoms with van der Waals surface area (Å²) in [7, 11) is 0. The van der Waals surface area contributed by atoms with Gasteiger partial charge in [0.05, 0.1) is 6.54 Å². The number of rotatable bonds is 10. The third-order valence-electron chi connectivity index (χ3n) is 2.16. The van der Waals surface area contributed by atoms with Gasteiger partial charge in [-0.1, -0.05) is 43.7 Å². The first-order valence-electron chi connectivity index (χ1n) is 5.32. The molecule has 0 spiro atoms. The summed E-state index contributed by atoms with van der Waals surface area (Å²) in [5.74, 6) is 0. The maximum absolute atomic E-state index is 9.74. The molecular formula is C10H21NO2. The zero-order valence-corrected chi connectivity index (χ0v) is 8.37. The molecule has 0 amide bonds. The topological polar surface area (TPSA) is 49.7 Å². The normalized spacial score (nSPS) is 10.2. The Morgan fingerprint density at radius 3 is 1.69 bits per heavy atom. The summed E-state index contributed by atoms with van der Waals surface area (Å²) in [5.41, 5.74) is 0. The monoisotopic (exact) mass is 187 g/mol. The summed E-state index contributed by atoms with van der Waals surface area (Å²) in [4.78, 5) is 9.74. The van der Waals surface area contributed by atoms with E-state index < -0.39 is 0 Å². The molecule has 0 fully saturated rings. The van der Waals surface area contributed by atoms with Gasteiger partial charge in [-0.3, -0.25) is 0 Å². The van der Waals surface area contributed by atoms with Crippen LogP contribution in [0.5, 0.6) is 0 Å². The number of aliphatic hydroxyl groups is 1. The van der Waals surface area contributed by atoms with Crippen molar-refractivity contribution in [3.63, 3.8) is 0 Å². The highest BCUT2D eigenvalue weighted by atomic mass is 16.3. The molecule has 0 atom stereocenters. The van der Waals surface area contributed by atoms with E-state index in [2.05, 4.69) is 5.18 Å². The van der Waals surface area contributed by atoms with E-state index in [-0.39, 0.29) is 0 Å². The second kappa shape index (κ2) is 11.6. The molecule has 0 saturated heterocycles. The summed E-state index contributed by atoms with van der Waals surface area (Å²) in [6.07, 6.45) is 9.12. The van der Waals surface area contributed by atoms with E-state index in [1.807, 2.05) is 0 Å². The molecule has 78 valence electrons. The quantitative estimate of drug-likeness (QED) is 0.422. The maximum Gasteiger partial charge on any atom is 0.0811 e. The molecule has 0 saturated carbocycles. The van der Waals surface area contributed by atoms with Gasteiger partial charge in [0.1, 0.15) is 0 Å². The summed E-state index contributed by atoms with van der Waals surface area (Å²) in [5, 5.41) is 11.3. The second-order valence-corrected chi connectivity index (χ2v) is 3.40. The fraction of sp³-hybridized carbons (Fsp3) is 1.00. The van der Waals surface area contributed by atoms with E-state index in [4.69, 9.17) is 5.11 Å². The molecule has 0 rings (SSSR count). The van der Waals surface area contributed by atoms with E-state index in [1.54, 1.807) is 0 Å². The Kier molecular flexibility index (Phi) is 11.2. The fourth-order valence-electron chi connectivity index (χ4n) is 1.35. The molecule has 3 heteroatoms. The van der Waals surface area contributed by atoms with Crippen molar-refractivity contribution in [2.24, 2.45) is 5.18 Å². The van der Waals surface area contributed by atoms with Crippen LogP contribution >= 0.6 is 0 Å². The molecule has 1 N–H and O–H groups in total. The number of nitroso groups, excluding NO2 is 1. The molecule has 0 unspecified atom stereocenters. The Labute approximate surface area is 80.5 Å². The van der Waals surface area contributed by atoms with Crippen LogP contribution < -0.4 is 0 Å². The minimum Gasteiger partial charge on any atom is -0.396 e. The van der Waals surface area contributed by atoms with Gasteiger partial charge in [0, 0.05) is 6.61 Å². The van der Waals surface area contributed by atoms with Gasteiger partial charge in [0.25, 0.3) is 0 Å². The van der Waals surface area contributed by atoms with Crippen molar-refractivity contribution < 1.29 is 5.11 Å². The average Bonchev–Trinajstić information content (AvgIpc) is 2.16. The smallest absolute Gasteiger partial charge is 0.0811 e. The molecule has 3 nitrogen and oxygen atoms in total. The Morgan fingerprint density at radius 1 is 0.769 bits per heavy atom. The first-order valence-corrected chi connectivity index (χ1v) is 5.32. The molecule has 0 radical (unpaired) electrons. The van der Waals surface area contributed by atoms with Crippen molar-refractivity contribution in [2.75, 3.05) is 13.2 Å². The highest BCUT2D eigenvalue weighted by Gasteiger charge is 1.91. The SMILES string of the molecule is O=NCCCCCCCCCCO. The minimum atomic E-state index is 0.324. The lowest BCUT2D eigenvalue weighted by molar-refractivity contribution is 0.282. The van der Waals surface area contributed by atoms with Crippen LogP contribution in [0.2, 0.25) is 0 Å². The average molecular weight is 187 g/mol. The molecule has 13 heavy (non-hydrogen) atoms. The number of unbranched alkanes of at least 4 members (excludes halogenated alkanes) is 7. The maximum atomic E-state index is 9.74. The molecule has 0 bridgehead atoms. The lowest BCUT2D eigenvalue weighted by Crippen LogP contribution is -1.85. The van der Waals surface area contributed by atoms with Gasteiger partial charge >= 0.3 is 0 Å². The van der Waals surface area contributed by atoms with Gasteiger partial charge in [-0.05, 0) is 12.8 Å². The van der Waals surface area contributed by atoms with Crippen molar-refractivity contribution >= 4 is 0 Å². The third-order valence-corrected chi connectivity index (χ3v) is 2.16. The Hall–Kier alpha value is -0.440. The summed E-state index contributed by atoms with van der Waals surface area (Å²) in [6, 6.07) is 0. The lowest BCUT2D eigenvalue weighted by Gasteiger charge is -1.99. The van der Waals surface area contributed by atoms with Crippen molar-refractivity contribution in [3.8, 4) is 0 Å². The van der Waals surface area contributed by atoms with E-state index in [9.17, 15) is 4.91 Å². The zero-order chi connectivity index (χ0) is 9.78. The molecule has 0 aromatic heterocycles. The number of hydrogen-bond donors (Lipinski definition) is 1. The van der Waals surface area contributed by atoms with Crippen LogP contribution in [0, 0.1) is 4.91 Å². The lowest BCUT2D eigenvalue weighted by atomic mass is 10.1. The molecule has 0 aliphatic carbocycles. The minimum absolute atomic E-state index is 0.324. The highest BCUT2D eigenvalue weighted by Crippen LogP contribution is 2.08. The summed E-state index contributed by atoms with van der Waals surface area (Å²) in [6.45, 7) is 0.801. The van der Waals surface area contributed by atoms with Crippen LogP contribution in [0.3, 0.4) is 0 Å². The van der Waals surface area contributed by atoms with Crippen LogP contribution in [0.4, 0.5) is 0 Å².